The molecule has 0 radical (unpaired) electrons. The number of halogens is 4. The lowest BCUT2D eigenvalue weighted by Crippen LogP contribution is -2.57. The molecule has 1 aromatic rings. The zero-order chi connectivity index (χ0) is 26.5. The third-order valence-electron chi connectivity index (χ3n) is 6.25. The molecule has 3 aliphatic rings. The second-order valence-electron chi connectivity index (χ2n) is 9.39. The maximum Gasteiger partial charge on any atom is 0.416 e. The number of hydrogen-bond acceptors (Lipinski definition) is 6. The van der Waals surface area contributed by atoms with Crippen molar-refractivity contribution in [2.24, 2.45) is 11.8 Å². The molecular formula is C23H32F4N2O6. The van der Waals surface area contributed by atoms with Crippen molar-refractivity contribution in [1.29, 1.82) is 0 Å². The quantitative estimate of drug-likeness (QED) is 0.395. The normalized spacial score (nSPS) is 23.5. The first-order valence-electron chi connectivity index (χ1n) is 11.3. The van der Waals surface area contributed by atoms with E-state index in [4.69, 9.17) is 20.4 Å². The minimum Gasteiger partial charge on any atom is -0.479 e. The van der Waals surface area contributed by atoms with Crippen LogP contribution in [-0.4, -0.2) is 86.6 Å². The molecule has 3 saturated heterocycles. The first kappa shape index (κ1) is 29.0. The fraction of sp³-hybridized carbons (Fsp3) is 0.652. The van der Waals surface area contributed by atoms with Gasteiger partial charge in [-0.1, -0.05) is 19.9 Å². The van der Waals surface area contributed by atoms with E-state index in [0.29, 0.717) is 17.9 Å². The highest BCUT2D eigenvalue weighted by molar-refractivity contribution is 5.83. The highest BCUT2D eigenvalue weighted by Gasteiger charge is 2.39. The number of carboxylic acid groups (broad SMARTS) is 2. The van der Waals surface area contributed by atoms with Crippen molar-refractivity contribution in [3.05, 3.63) is 35.1 Å². The minimum absolute atomic E-state index is 0.172. The van der Waals surface area contributed by atoms with Crippen molar-refractivity contribution in [2.75, 3.05) is 26.2 Å². The van der Waals surface area contributed by atoms with Crippen molar-refractivity contribution < 1.29 is 47.6 Å². The van der Waals surface area contributed by atoms with Crippen LogP contribution in [0.1, 0.15) is 37.8 Å². The molecule has 0 aromatic heterocycles. The van der Waals surface area contributed by atoms with Gasteiger partial charge < -0.3 is 25.3 Å². The Bertz CT molecular complexity index is 856. The summed E-state index contributed by atoms with van der Waals surface area (Å²) in [4.78, 5) is 24.2. The number of aliphatic carboxylic acids is 2. The summed E-state index contributed by atoms with van der Waals surface area (Å²) in [6, 6.07) is 3.34. The minimum atomic E-state index is -4.53. The molecular weight excluding hydrogens is 476 g/mol. The van der Waals surface area contributed by atoms with Crippen LogP contribution in [0.4, 0.5) is 17.6 Å². The van der Waals surface area contributed by atoms with Crippen molar-refractivity contribution in [2.45, 2.75) is 57.7 Å². The average Bonchev–Trinajstić information content (AvgIpc) is 2.78. The third-order valence-corrected chi connectivity index (χ3v) is 6.25. The Kier molecular flexibility index (Phi) is 10.0. The Morgan fingerprint density at radius 2 is 1.63 bits per heavy atom. The van der Waals surface area contributed by atoms with E-state index in [0.717, 1.165) is 45.1 Å². The molecule has 0 unspecified atom stereocenters. The molecule has 4 N–H and O–H groups in total. The molecule has 8 nitrogen and oxygen atoms in total. The fourth-order valence-electron chi connectivity index (χ4n) is 4.57. The van der Waals surface area contributed by atoms with Crippen LogP contribution in [0.25, 0.3) is 0 Å². The van der Waals surface area contributed by atoms with Gasteiger partial charge in [-0.3, -0.25) is 4.90 Å². The summed E-state index contributed by atoms with van der Waals surface area (Å²) < 4.78 is 53.4. The van der Waals surface area contributed by atoms with Gasteiger partial charge in [0.2, 0.25) is 0 Å². The Hall–Kier alpha value is -2.28. The predicted octanol–water partition coefficient (Wildman–Crippen LogP) is 2.27. The maximum atomic E-state index is 13.4. The molecule has 3 aliphatic heterocycles. The Labute approximate surface area is 200 Å². The van der Waals surface area contributed by atoms with Gasteiger partial charge in [0.25, 0.3) is 0 Å². The standard InChI is InChI=1S/C19H26F4N2.C4H6O6/c1-13(2)10-25(18-12-24-7-5-14(18)6-8-24)11-15-3-4-16(20)9-17(15)19(21,22)23;5-1(3(7)8)2(6)4(9)10/h3-4,9,13-14,18H,5-8,10-12H2,1-2H3;1-2,5-6H,(H,7,8)(H,9,10)/t18-;1-,2-/m11/s1. The van der Waals surface area contributed by atoms with E-state index in [1.165, 1.54) is 6.07 Å². The Morgan fingerprint density at radius 1 is 1.09 bits per heavy atom. The van der Waals surface area contributed by atoms with Crippen molar-refractivity contribution >= 4 is 11.9 Å². The fourth-order valence-corrected chi connectivity index (χ4v) is 4.57. The summed E-state index contributed by atoms with van der Waals surface area (Å²) in [5, 5.41) is 32.5. The van der Waals surface area contributed by atoms with Gasteiger partial charge in [-0.05, 0) is 55.5 Å². The van der Waals surface area contributed by atoms with E-state index in [-0.39, 0.29) is 18.2 Å². The largest absolute Gasteiger partial charge is 0.479 e. The SMILES string of the molecule is CC(C)CN(Cc1ccc(F)cc1C(F)(F)F)[C@@H]1CN2CCC1CC2.O=C(O)[C@H](O)[C@@H](O)C(=O)O. The van der Waals surface area contributed by atoms with Crippen LogP contribution in [0.2, 0.25) is 0 Å². The van der Waals surface area contributed by atoms with Gasteiger partial charge in [-0.2, -0.15) is 13.2 Å². The molecule has 3 fully saturated rings. The number of aliphatic hydroxyl groups excluding tert-OH is 2. The topological polar surface area (TPSA) is 122 Å². The van der Waals surface area contributed by atoms with E-state index >= 15 is 0 Å². The van der Waals surface area contributed by atoms with Crippen molar-refractivity contribution in [1.82, 2.24) is 9.80 Å². The van der Waals surface area contributed by atoms with E-state index in [2.05, 4.69) is 23.6 Å². The average molecular weight is 509 g/mol. The van der Waals surface area contributed by atoms with Crippen LogP contribution < -0.4 is 0 Å². The van der Waals surface area contributed by atoms with Gasteiger partial charge in [0, 0.05) is 25.7 Å². The van der Waals surface area contributed by atoms with Crippen LogP contribution in [0.15, 0.2) is 18.2 Å². The molecule has 0 amide bonds. The second-order valence-corrected chi connectivity index (χ2v) is 9.39. The zero-order valence-electron chi connectivity index (χ0n) is 19.6. The number of nitrogens with zero attached hydrogens (tertiary/aromatic N) is 2. The van der Waals surface area contributed by atoms with Crippen molar-refractivity contribution in [3.63, 3.8) is 0 Å². The lowest BCUT2D eigenvalue weighted by molar-refractivity contribution is -0.165. The van der Waals surface area contributed by atoms with Crippen LogP contribution in [-0.2, 0) is 22.3 Å². The summed E-state index contributed by atoms with van der Waals surface area (Å²) >= 11 is 0. The van der Waals surface area contributed by atoms with Crippen molar-refractivity contribution in [3.8, 4) is 0 Å². The van der Waals surface area contributed by atoms with Crippen LogP contribution in [0.5, 0.6) is 0 Å². The predicted molar refractivity (Wildman–Crippen MR) is 117 cm³/mol. The number of carbonyl (C=O) groups is 2. The lowest BCUT2D eigenvalue weighted by Gasteiger charge is -2.49. The second kappa shape index (κ2) is 12.1. The number of aliphatic hydroxyl groups is 2. The molecule has 1 aromatic carbocycles. The summed E-state index contributed by atoms with van der Waals surface area (Å²) in [6.45, 7) is 8.28. The van der Waals surface area contributed by atoms with Gasteiger partial charge in [0.1, 0.15) is 5.82 Å². The van der Waals surface area contributed by atoms with Gasteiger partial charge >= 0.3 is 18.1 Å². The monoisotopic (exact) mass is 508 g/mol. The number of carboxylic acids is 2. The van der Waals surface area contributed by atoms with E-state index in [1.54, 1.807) is 0 Å². The van der Waals surface area contributed by atoms with Crippen LogP contribution in [0, 0.1) is 17.7 Å². The first-order valence-corrected chi connectivity index (χ1v) is 11.3. The molecule has 3 atom stereocenters. The van der Waals surface area contributed by atoms with E-state index in [1.807, 2.05) is 0 Å². The highest BCUT2D eigenvalue weighted by Crippen LogP contribution is 2.36. The van der Waals surface area contributed by atoms with Gasteiger partial charge in [-0.25, -0.2) is 14.0 Å². The summed E-state index contributed by atoms with van der Waals surface area (Å²) in [7, 11) is 0. The molecule has 12 heteroatoms. The molecule has 4 rings (SSSR count). The molecule has 2 bridgehead atoms. The number of benzene rings is 1. The third kappa shape index (κ3) is 8.13. The van der Waals surface area contributed by atoms with Crippen LogP contribution >= 0.6 is 0 Å². The smallest absolute Gasteiger partial charge is 0.416 e. The summed E-state index contributed by atoms with van der Waals surface area (Å²) in [6.07, 6.45) is -6.82. The van der Waals surface area contributed by atoms with Gasteiger partial charge in [0.15, 0.2) is 12.2 Å². The number of alkyl halides is 3. The number of hydrogen-bond donors (Lipinski definition) is 4. The molecule has 0 aliphatic carbocycles. The molecule has 198 valence electrons. The Balaban J connectivity index is 0.000000367. The molecule has 35 heavy (non-hydrogen) atoms. The number of rotatable bonds is 8. The Morgan fingerprint density at radius 3 is 2.03 bits per heavy atom. The van der Waals surface area contributed by atoms with Gasteiger partial charge in [-0.15, -0.1) is 0 Å². The molecule has 3 heterocycles. The zero-order valence-corrected chi connectivity index (χ0v) is 19.6. The summed E-state index contributed by atoms with van der Waals surface area (Å²) in [5.74, 6) is -3.46. The van der Waals surface area contributed by atoms with E-state index in [9.17, 15) is 27.2 Å². The molecule has 0 saturated carbocycles. The summed E-state index contributed by atoms with van der Waals surface area (Å²) in [5.41, 5.74) is -0.673. The number of fused-ring (bicyclic) bond motifs is 3. The highest BCUT2D eigenvalue weighted by atomic mass is 19.4. The van der Waals surface area contributed by atoms with Crippen LogP contribution in [0.3, 0.4) is 0 Å². The maximum absolute atomic E-state index is 13.4. The molecule has 0 spiro atoms. The number of piperidine rings is 3. The van der Waals surface area contributed by atoms with E-state index < -0.39 is 41.7 Å². The lowest BCUT2D eigenvalue weighted by atomic mass is 9.82. The first-order chi connectivity index (χ1) is 16.2. The van der Waals surface area contributed by atoms with Gasteiger partial charge in [0.05, 0.1) is 5.56 Å².